The number of benzene rings is 1. The van der Waals surface area contributed by atoms with Crippen molar-refractivity contribution in [2.24, 2.45) is 5.92 Å². The molecule has 1 aliphatic heterocycles. The van der Waals surface area contributed by atoms with Gasteiger partial charge in [0.15, 0.2) is 0 Å². The average molecular weight is 175 g/mol. The average Bonchev–Trinajstić information content (AvgIpc) is 2.28. The lowest BCUT2D eigenvalue weighted by Gasteiger charge is -2.06. The van der Waals surface area contributed by atoms with E-state index in [2.05, 4.69) is 11.4 Å². The van der Waals surface area contributed by atoms with Crippen LogP contribution in [0.4, 0.5) is 5.69 Å². The van der Waals surface area contributed by atoms with Crippen molar-refractivity contribution < 1.29 is 4.79 Å². The molecule has 13 heavy (non-hydrogen) atoms. The molecule has 0 aliphatic carbocycles. The third-order valence-corrected chi connectivity index (χ3v) is 2.57. The van der Waals surface area contributed by atoms with E-state index in [-0.39, 0.29) is 11.8 Å². The molecular formula is C11H13NO. The van der Waals surface area contributed by atoms with Crippen LogP contribution in [-0.4, -0.2) is 5.91 Å². The predicted octanol–water partition coefficient (Wildman–Crippen LogP) is 2.21. The van der Waals surface area contributed by atoms with E-state index < -0.39 is 0 Å². The third kappa shape index (κ3) is 1.57. The summed E-state index contributed by atoms with van der Waals surface area (Å²) in [5.41, 5.74) is 2.23. The van der Waals surface area contributed by atoms with Crippen molar-refractivity contribution in [1.82, 2.24) is 0 Å². The smallest absolute Gasteiger partial charge is 0.227 e. The molecule has 0 bridgehead atoms. The molecule has 1 aromatic carbocycles. The number of hydrogen-bond acceptors (Lipinski definition) is 1. The Morgan fingerprint density at radius 2 is 2.15 bits per heavy atom. The van der Waals surface area contributed by atoms with Crippen molar-refractivity contribution in [2.75, 3.05) is 5.32 Å². The summed E-state index contributed by atoms with van der Waals surface area (Å²) < 4.78 is 0. The summed E-state index contributed by atoms with van der Waals surface area (Å²) in [5.74, 6) is 0.275. The molecule has 0 aromatic heterocycles. The van der Waals surface area contributed by atoms with Crippen LogP contribution in [0, 0.1) is 5.92 Å². The van der Waals surface area contributed by atoms with Crippen molar-refractivity contribution in [3.8, 4) is 0 Å². The van der Waals surface area contributed by atoms with Crippen LogP contribution in [0.25, 0.3) is 0 Å². The fraction of sp³-hybridized carbons (Fsp3) is 0.364. The van der Waals surface area contributed by atoms with Gasteiger partial charge in [0.05, 0.1) is 0 Å². The molecule has 1 atom stereocenters. The number of rotatable bonds is 0. The Hall–Kier alpha value is -1.31. The molecule has 1 aromatic rings. The molecule has 2 rings (SSSR count). The fourth-order valence-corrected chi connectivity index (χ4v) is 1.62. The summed E-state index contributed by atoms with van der Waals surface area (Å²) in [6.07, 6.45) is 1.94. The van der Waals surface area contributed by atoms with E-state index in [1.165, 1.54) is 5.56 Å². The van der Waals surface area contributed by atoms with E-state index in [0.717, 1.165) is 18.5 Å². The summed E-state index contributed by atoms with van der Waals surface area (Å²) >= 11 is 0. The van der Waals surface area contributed by atoms with Gasteiger partial charge in [0.1, 0.15) is 0 Å². The zero-order valence-corrected chi connectivity index (χ0v) is 7.71. The van der Waals surface area contributed by atoms with Crippen molar-refractivity contribution in [2.45, 2.75) is 19.8 Å². The van der Waals surface area contributed by atoms with Gasteiger partial charge < -0.3 is 5.32 Å². The molecule has 68 valence electrons. The van der Waals surface area contributed by atoms with Gasteiger partial charge in [-0.15, -0.1) is 0 Å². The van der Waals surface area contributed by atoms with Gasteiger partial charge in [-0.05, 0) is 24.5 Å². The van der Waals surface area contributed by atoms with Gasteiger partial charge >= 0.3 is 0 Å². The number of nitrogens with one attached hydrogen (secondary N) is 1. The van der Waals surface area contributed by atoms with Crippen molar-refractivity contribution in [3.63, 3.8) is 0 Å². The predicted molar refractivity (Wildman–Crippen MR) is 52.6 cm³/mol. The molecule has 1 heterocycles. The first-order chi connectivity index (χ1) is 6.27. The van der Waals surface area contributed by atoms with Crippen molar-refractivity contribution in [3.05, 3.63) is 29.8 Å². The van der Waals surface area contributed by atoms with Crippen LogP contribution in [0.2, 0.25) is 0 Å². The maximum absolute atomic E-state index is 11.5. The van der Waals surface area contributed by atoms with Gasteiger partial charge in [-0.2, -0.15) is 0 Å². The monoisotopic (exact) mass is 175 g/mol. The van der Waals surface area contributed by atoms with Crippen LogP contribution in [0.15, 0.2) is 24.3 Å². The summed E-state index contributed by atoms with van der Waals surface area (Å²) in [5, 5.41) is 2.93. The number of para-hydroxylation sites is 1. The first-order valence-electron chi connectivity index (χ1n) is 4.66. The number of carbonyl (C=O) groups excluding carboxylic acids is 1. The van der Waals surface area contributed by atoms with Crippen LogP contribution >= 0.6 is 0 Å². The minimum atomic E-state index is 0.132. The molecule has 1 N–H and O–H groups in total. The minimum absolute atomic E-state index is 0.132. The molecule has 0 spiro atoms. The Balaban J connectivity index is 2.35. The molecule has 1 amide bonds. The molecule has 0 saturated carbocycles. The standard InChI is InChI=1S/C11H13NO/c1-8-6-7-9-4-2-3-5-10(9)12-11(8)13/h2-5,8H,6-7H2,1H3,(H,12,13). The molecule has 0 saturated heterocycles. The quantitative estimate of drug-likeness (QED) is 0.643. The second kappa shape index (κ2) is 3.21. The first kappa shape index (κ1) is 8.30. The van der Waals surface area contributed by atoms with Crippen LogP contribution in [0.5, 0.6) is 0 Å². The van der Waals surface area contributed by atoms with Gasteiger partial charge in [0, 0.05) is 11.6 Å². The lowest BCUT2D eigenvalue weighted by atomic mass is 10.0. The van der Waals surface area contributed by atoms with Gasteiger partial charge in [0.2, 0.25) is 5.91 Å². The largest absolute Gasteiger partial charge is 0.326 e. The summed E-state index contributed by atoms with van der Waals surface area (Å²) in [6.45, 7) is 1.97. The number of fused-ring (bicyclic) bond motifs is 1. The minimum Gasteiger partial charge on any atom is -0.326 e. The van der Waals surface area contributed by atoms with Crippen LogP contribution in [0.3, 0.4) is 0 Å². The highest BCUT2D eigenvalue weighted by atomic mass is 16.1. The third-order valence-electron chi connectivity index (χ3n) is 2.57. The second-order valence-electron chi connectivity index (χ2n) is 3.59. The topological polar surface area (TPSA) is 29.1 Å². The van der Waals surface area contributed by atoms with E-state index >= 15 is 0 Å². The van der Waals surface area contributed by atoms with Gasteiger partial charge in [-0.1, -0.05) is 25.1 Å². The van der Waals surface area contributed by atoms with Crippen LogP contribution in [-0.2, 0) is 11.2 Å². The highest BCUT2D eigenvalue weighted by molar-refractivity contribution is 5.93. The Kier molecular flexibility index (Phi) is 2.05. The molecule has 2 heteroatoms. The summed E-state index contributed by atoms with van der Waals surface area (Å²) in [4.78, 5) is 11.5. The Labute approximate surface area is 78.0 Å². The fourth-order valence-electron chi connectivity index (χ4n) is 1.62. The highest BCUT2D eigenvalue weighted by Gasteiger charge is 2.18. The SMILES string of the molecule is CC1CCc2ccccc2NC1=O. The summed E-state index contributed by atoms with van der Waals surface area (Å²) in [7, 11) is 0. The van der Waals surface area contributed by atoms with Gasteiger partial charge in [-0.25, -0.2) is 0 Å². The molecule has 1 unspecified atom stereocenters. The molecule has 1 aliphatic rings. The van der Waals surface area contributed by atoms with E-state index in [0.29, 0.717) is 0 Å². The zero-order valence-electron chi connectivity index (χ0n) is 7.71. The number of hydrogen-bond donors (Lipinski definition) is 1. The Morgan fingerprint density at radius 3 is 3.00 bits per heavy atom. The number of anilines is 1. The Morgan fingerprint density at radius 1 is 1.38 bits per heavy atom. The van der Waals surface area contributed by atoms with Gasteiger partial charge in [-0.3, -0.25) is 4.79 Å². The van der Waals surface area contributed by atoms with E-state index in [1.54, 1.807) is 0 Å². The van der Waals surface area contributed by atoms with Crippen LogP contribution < -0.4 is 5.32 Å². The number of aryl methyl sites for hydroxylation is 1. The van der Waals surface area contributed by atoms with E-state index in [9.17, 15) is 4.79 Å². The van der Waals surface area contributed by atoms with Crippen LogP contribution in [0.1, 0.15) is 18.9 Å². The highest BCUT2D eigenvalue weighted by Crippen LogP contribution is 2.23. The molecule has 2 nitrogen and oxygen atoms in total. The first-order valence-corrected chi connectivity index (χ1v) is 4.66. The maximum atomic E-state index is 11.5. The number of amides is 1. The molecular weight excluding hydrogens is 162 g/mol. The van der Waals surface area contributed by atoms with Gasteiger partial charge in [0.25, 0.3) is 0 Å². The van der Waals surface area contributed by atoms with E-state index in [1.807, 2.05) is 25.1 Å². The second-order valence-corrected chi connectivity index (χ2v) is 3.59. The molecule has 0 radical (unpaired) electrons. The van der Waals surface area contributed by atoms with E-state index in [4.69, 9.17) is 0 Å². The summed E-state index contributed by atoms with van der Waals surface area (Å²) in [6, 6.07) is 8.01. The number of carbonyl (C=O) groups is 1. The van der Waals surface area contributed by atoms with Crippen molar-refractivity contribution in [1.29, 1.82) is 0 Å². The normalized spacial score (nSPS) is 21.6. The van der Waals surface area contributed by atoms with Crippen molar-refractivity contribution >= 4 is 11.6 Å². The zero-order chi connectivity index (χ0) is 9.26. The molecule has 0 fully saturated rings. The lowest BCUT2D eigenvalue weighted by molar-refractivity contribution is -0.119. The Bertz CT molecular complexity index is 333. The lowest BCUT2D eigenvalue weighted by Crippen LogP contribution is -2.18. The maximum Gasteiger partial charge on any atom is 0.227 e.